The zero-order valence-electron chi connectivity index (χ0n) is 24.2. The number of amides is 3. The number of carbonyl (C=O) groups excluding carboxylic acids is 2. The molecule has 10 heteroatoms. The first-order chi connectivity index (χ1) is 20.3. The van der Waals surface area contributed by atoms with Gasteiger partial charge in [0.1, 0.15) is 11.9 Å². The average Bonchev–Trinajstić information content (AvgIpc) is 3.45. The lowest BCUT2D eigenvalue weighted by atomic mass is 10.0. The number of anilines is 2. The van der Waals surface area contributed by atoms with E-state index in [9.17, 15) is 14.7 Å². The largest absolute Gasteiger partial charge is 0.488 e. The van der Waals surface area contributed by atoms with E-state index in [0.717, 1.165) is 17.1 Å². The second-order valence-electron chi connectivity index (χ2n) is 11.0. The molecule has 42 heavy (non-hydrogen) atoms. The summed E-state index contributed by atoms with van der Waals surface area (Å²) >= 11 is 0. The van der Waals surface area contributed by atoms with Crippen LogP contribution in [0.4, 0.5) is 16.2 Å². The van der Waals surface area contributed by atoms with Crippen molar-refractivity contribution < 1.29 is 28.9 Å². The number of nitrogens with one attached hydrogen (secondary N) is 2. The number of nitrogens with zero attached hydrogens (tertiary/aromatic N) is 2. The zero-order chi connectivity index (χ0) is 29.6. The number of rotatable bonds is 8. The number of para-hydroxylation sites is 1. The molecule has 0 unspecified atom stereocenters. The summed E-state index contributed by atoms with van der Waals surface area (Å²) in [6.45, 7) is 5.73. The Kier molecular flexibility index (Phi) is 9.14. The van der Waals surface area contributed by atoms with Gasteiger partial charge in [-0.25, -0.2) is 4.79 Å². The molecule has 0 saturated heterocycles. The molecule has 3 atom stereocenters. The molecule has 10 nitrogen and oxygen atoms in total. The van der Waals surface area contributed by atoms with Gasteiger partial charge >= 0.3 is 6.03 Å². The summed E-state index contributed by atoms with van der Waals surface area (Å²) in [6.07, 6.45) is -0.163. The quantitative estimate of drug-likeness (QED) is 0.367. The van der Waals surface area contributed by atoms with Crippen LogP contribution >= 0.6 is 0 Å². The minimum Gasteiger partial charge on any atom is -0.488 e. The molecular formula is C32H38N4O6. The van der Waals surface area contributed by atoms with Crippen molar-refractivity contribution in [1.29, 1.82) is 0 Å². The SMILES string of the molecule is C[C@@H]1CN([C@@H](C)CO)C(=O)Cc2cc(NC(=O)Nc3ccccc3)ccc2O[C@H]1CN(C)Cc1ccc2c(c1)OCO2. The van der Waals surface area contributed by atoms with Crippen LogP contribution in [0.2, 0.25) is 0 Å². The topological polar surface area (TPSA) is 113 Å². The van der Waals surface area contributed by atoms with Crippen LogP contribution in [0.1, 0.15) is 25.0 Å². The third-order valence-electron chi connectivity index (χ3n) is 7.59. The van der Waals surface area contributed by atoms with E-state index in [1.807, 2.05) is 56.4 Å². The third kappa shape index (κ3) is 7.13. The molecule has 0 bridgehead atoms. The van der Waals surface area contributed by atoms with E-state index in [-0.39, 0.29) is 49.8 Å². The highest BCUT2D eigenvalue weighted by molar-refractivity contribution is 5.99. The number of aliphatic hydroxyl groups is 1. The van der Waals surface area contributed by atoms with Crippen LogP contribution in [-0.2, 0) is 17.8 Å². The fourth-order valence-electron chi connectivity index (χ4n) is 5.26. The first-order valence-electron chi connectivity index (χ1n) is 14.2. The van der Waals surface area contributed by atoms with Crippen molar-refractivity contribution in [3.8, 4) is 17.2 Å². The molecule has 2 heterocycles. The average molecular weight is 575 g/mol. The van der Waals surface area contributed by atoms with E-state index in [0.29, 0.717) is 42.3 Å². The monoisotopic (exact) mass is 574 g/mol. The Morgan fingerprint density at radius 3 is 2.55 bits per heavy atom. The van der Waals surface area contributed by atoms with Crippen molar-refractivity contribution in [3.05, 3.63) is 77.9 Å². The van der Waals surface area contributed by atoms with E-state index in [4.69, 9.17) is 14.2 Å². The van der Waals surface area contributed by atoms with Crippen molar-refractivity contribution in [2.24, 2.45) is 5.92 Å². The molecule has 0 aliphatic carbocycles. The summed E-state index contributed by atoms with van der Waals surface area (Å²) in [7, 11) is 2.03. The lowest BCUT2D eigenvalue weighted by Crippen LogP contribution is -2.47. The molecule has 0 spiro atoms. The van der Waals surface area contributed by atoms with Gasteiger partial charge in [0, 0.05) is 42.5 Å². The first-order valence-corrected chi connectivity index (χ1v) is 14.2. The summed E-state index contributed by atoms with van der Waals surface area (Å²) in [5, 5.41) is 15.6. The Hall–Kier alpha value is -4.28. The molecule has 222 valence electrons. The van der Waals surface area contributed by atoms with Crippen molar-refractivity contribution in [2.45, 2.75) is 39.0 Å². The van der Waals surface area contributed by atoms with Crippen molar-refractivity contribution in [1.82, 2.24) is 9.80 Å². The first kappa shape index (κ1) is 29.2. The Bertz CT molecular complexity index is 1400. The van der Waals surface area contributed by atoms with Gasteiger partial charge in [-0.2, -0.15) is 0 Å². The van der Waals surface area contributed by atoms with Crippen LogP contribution in [-0.4, -0.2) is 72.5 Å². The predicted octanol–water partition coefficient (Wildman–Crippen LogP) is 4.34. The summed E-state index contributed by atoms with van der Waals surface area (Å²) in [4.78, 5) is 30.0. The highest BCUT2D eigenvalue weighted by Gasteiger charge is 2.31. The molecule has 3 aromatic rings. The van der Waals surface area contributed by atoms with Crippen LogP contribution in [0.25, 0.3) is 0 Å². The number of urea groups is 1. The number of ether oxygens (including phenoxy) is 3. The molecule has 2 aliphatic heterocycles. The van der Waals surface area contributed by atoms with E-state index in [1.54, 1.807) is 29.2 Å². The van der Waals surface area contributed by atoms with Crippen LogP contribution in [0, 0.1) is 5.92 Å². The van der Waals surface area contributed by atoms with E-state index in [1.165, 1.54) is 0 Å². The van der Waals surface area contributed by atoms with Gasteiger partial charge < -0.3 is 34.9 Å². The van der Waals surface area contributed by atoms with Gasteiger partial charge in [-0.3, -0.25) is 9.69 Å². The normalized spacial score (nSPS) is 18.8. The Morgan fingerprint density at radius 1 is 1.02 bits per heavy atom. The number of benzene rings is 3. The molecule has 3 amide bonds. The van der Waals surface area contributed by atoms with Crippen molar-refractivity contribution in [2.75, 3.05) is 44.2 Å². The van der Waals surface area contributed by atoms with Gasteiger partial charge in [0.2, 0.25) is 12.7 Å². The Morgan fingerprint density at radius 2 is 1.76 bits per heavy atom. The zero-order valence-corrected chi connectivity index (χ0v) is 24.2. The maximum atomic E-state index is 13.5. The van der Waals surface area contributed by atoms with Gasteiger partial charge in [0.25, 0.3) is 0 Å². The van der Waals surface area contributed by atoms with Crippen molar-refractivity contribution >= 4 is 23.3 Å². The van der Waals surface area contributed by atoms with Gasteiger partial charge in [0.15, 0.2) is 11.5 Å². The smallest absolute Gasteiger partial charge is 0.323 e. The fraction of sp³-hybridized carbons (Fsp3) is 0.375. The third-order valence-corrected chi connectivity index (χ3v) is 7.59. The minimum atomic E-state index is -0.386. The van der Waals surface area contributed by atoms with Crippen LogP contribution in [0.3, 0.4) is 0 Å². The van der Waals surface area contributed by atoms with Gasteiger partial charge in [-0.05, 0) is 62.0 Å². The van der Waals surface area contributed by atoms with E-state index < -0.39 is 0 Å². The number of fused-ring (bicyclic) bond motifs is 2. The second kappa shape index (κ2) is 13.1. The molecule has 0 saturated carbocycles. The minimum absolute atomic E-state index is 0.0254. The highest BCUT2D eigenvalue weighted by atomic mass is 16.7. The maximum absolute atomic E-state index is 13.5. The highest BCUT2D eigenvalue weighted by Crippen LogP contribution is 2.33. The maximum Gasteiger partial charge on any atom is 0.323 e. The van der Waals surface area contributed by atoms with E-state index >= 15 is 0 Å². The molecule has 0 fully saturated rings. The van der Waals surface area contributed by atoms with Gasteiger partial charge in [-0.1, -0.05) is 31.2 Å². The summed E-state index contributed by atoms with van der Waals surface area (Å²) in [5.74, 6) is 1.97. The number of carbonyl (C=O) groups is 2. The van der Waals surface area contributed by atoms with Crippen molar-refractivity contribution in [3.63, 3.8) is 0 Å². The fourth-order valence-corrected chi connectivity index (χ4v) is 5.26. The van der Waals surface area contributed by atoms with Gasteiger partial charge in [0.05, 0.1) is 19.1 Å². The Labute approximate surface area is 246 Å². The number of aliphatic hydroxyl groups excluding tert-OH is 1. The van der Waals surface area contributed by atoms with E-state index in [2.05, 4.69) is 22.5 Å². The number of hydrogen-bond acceptors (Lipinski definition) is 7. The molecular weight excluding hydrogens is 536 g/mol. The van der Waals surface area contributed by atoms with Crippen LogP contribution in [0.5, 0.6) is 17.2 Å². The van der Waals surface area contributed by atoms with Crippen LogP contribution in [0.15, 0.2) is 66.7 Å². The number of likely N-dealkylation sites (N-methyl/N-ethyl adjacent to an activating group) is 1. The standard InChI is InChI=1S/C32H38N4O6/c1-21-16-36(22(2)19-37)31(38)15-24-14-26(34-32(39)33-25-7-5-4-6-8-25)10-12-27(24)42-30(21)18-35(3)17-23-9-11-28-29(13-23)41-20-40-28/h4-14,21-22,30,37H,15-20H2,1-3H3,(H2,33,34,39)/t21-,22+,30+/m1/s1. The molecule has 3 N–H and O–H groups in total. The summed E-state index contributed by atoms with van der Waals surface area (Å²) < 4.78 is 17.6. The lowest BCUT2D eigenvalue weighted by molar-refractivity contribution is -0.134. The second-order valence-corrected chi connectivity index (χ2v) is 11.0. The van der Waals surface area contributed by atoms with Gasteiger partial charge in [-0.15, -0.1) is 0 Å². The molecule has 2 aliphatic rings. The molecule has 0 radical (unpaired) electrons. The molecule has 0 aromatic heterocycles. The lowest BCUT2D eigenvalue weighted by Gasteiger charge is -2.34. The summed E-state index contributed by atoms with van der Waals surface area (Å²) in [5.41, 5.74) is 2.98. The number of hydrogen-bond donors (Lipinski definition) is 3. The summed E-state index contributed by atoms with van der Waals surface area (Å²) in [6, 6.07) is 19.8. The molecule has 3 aromatic carbocycles. The molecule has 5 rings (SSSR count). The van der Waals surface area contributed by atoms with Crippen LogP contribution < -0.4 is 24.8 Å². The Balaban J connectivity index is 1.35. The predicted molar refractivity (Wildman–Crippen MR) is 160 cm³/mol.